The molecule has 1 aliphatic carbocycles. The van der Waals surface area contributed by atoms with Gasteiger partial charge in [-0.15, -0.1) is 0 Å². The Balaban J connectivity index is 1.18. The summed E-state index contributed by atoms with van der Waals surface area (Å²) in [6, 6.07) is 24.1. The van der Waals surface area contributed by atoms with Crippen LogP contribution in [0.4, 0.5) is 9.59 Å². The SMILES string of the molecule is NC(=O)C[C@H](NCCNC(=O)OCC1c2ccccc2-c2ccccc21)C(=O)NNC(=O)OCc1ccccc1. The molecular weight excluding hydrogens is 514 g/mol. The van der Waals surface area contributed by atoms with Crippen LogP contribution in [0.3, 0.4) is 0 Å². The van der Waals surface area contributed by atoms with E-state index in [0.29, 0.717) is 0 Å². The Morgan fingerprint density at radius 3 is 2.02 bits per heavy atom. The van der Waals surface area contributed by atoms with Gasteiger partial charge in [-0.25, -0.2) is 15.0 Å². The first-order valence-corrected chi connectivity index (χ1v) is 12.8. The number of hydrogen-bond donors (Lipinski definition) is 5. The van der Waals surface area contributed by atoms with Crippen LogP contribution in [0.15, 0.2) is 78.9 Å². The van der Waals surface area contributed by atoms with E-state index in [1.54, 1.807) is 24.3 Å². The number of nitrogens with one attached hydrogen (secondary N) is 4. The molecule has 0 heterocycles. The molecule has 0 spiro atoms. The maximum Gasteiger partial charge on any atom is 0.426 e. The molecule has 0 aliphatic heterocycles. The number of benzene rings is 3. The summed E-state index contributed by atoms with van der Waals surface area (Å²) >= 11 is 0. The van der Waals surface area contributed by atoms with Gasteiger partial charge in [0.25, 0.3) is 5.91 Å². The number of ether oxygens (including phenoxy) is 2. The van der Waals surface area contributed by atoms with E-state index < -0.39 is 30.0 Å². The highest BCUT2D eigenvalue weighted by atomic mass is 16.6. The summed E-state index contributed by atoms with van der Waals surface area (Å²) in [5.41, 5.74) is 14.8. The smallest absolute Gasteiger partial charge is 0.426 e. The normalized spacial score (nSPS) is 12.4. The second-order valence-corrected chi connectivity index (χ2v) is 9.11. The second-order valence-electron chi connectivity index (χ2n) is 9.11. The quantitative estimate of drug-likeness (QED) is 0.182. The van der Waals surface area contributed by atoms with Gasteiger partial charge in [-0.2, -0.15) is 0 Å². The van der Waals surface area contributed by atoms with Crippen LogP contribution in [0.5, 0.6) is 0 Å². The Hall–Kier alpha value is -4.90. The summed E-state index contributed by atoms with van der Waals surface area (Å²) in [7, 11) is 0. The maximum absolute atomic E-state index is 12.5. The Kier molecular flexibility index (Phi) is 9.67. The molecule has 0 fully saturated rings. The molecule has 11 heteroatoms. The third-order valence-corrected chi connectivity index (χ3v) is 6.35. The van der Waals surface area contributed by atoms with Crippen molar-refractivity contribution in [2.45, 2.75) is 25.0 Å². The zero-order valence-electron chi connectivity index (χ0n) is 21.7. The topological polar surface area (TPSA) is 161 Å². The van der Waals surface area contributed by atoms with E-state index in [4.69, 9.17) is 15.2 Å². The average molecular weight is 546 g/mol. The standard InChI is InChI=1S/C29H31N5O6/c30-26(35)16-25(27(36)33-34-29(38)39-17-19-8-2-1-3-9-19)31-14-15-32-28(37)40-18-24-22-12-6-4-10-20(22)21-11-5-7-13-23(21)24/h1-13,24-25,31H,14-18H2,(H2,30,35)(H,32,37)(H,33,36)(H,34,38)/t25-/m0/s1. The summed E-state index contributed by atoms with van der Waals surface area (Å²) < 4.78 is 10.5. The van der Waals surface area contributed by atoms with Crippen LogP contribution in [0.2, 0.25) is 0 Å². The van der Waals surface area contributed by atoms with E-state index in [1.807, 2.05) is 42.5 Å². The van der Waals surface area contributed by atoms with Crippen molar-refractivity contribution < 1.29 is 28.7 Å². The van der Waals surface area contributed by atoms with Crippen molar-refractivity contribution in [3.8, 4) is 11.1 Å². The third-order valence-electron chi connectivity index (χ3n) is 6.35. The van der Waals surface area contributed by atoms with Crippen molar-refractivity contribution in [3.05, 3.63) is 95.6 Å². The summed E-state index contributed by atoms with van der Waals surface area (Å²) in [5, 5.41) is 5.46. The van der Waals surface area contributed by atoms with Gasteiger partial charge >= 0.3 is 12.2 Å². The number of carbonyl (C=O) groups excluding carboxylic acids is 4. The highest BCUT2D eigenvalue weighted by Crippen LogP contribution is 2.44. The molecule has 0 unspecified atom stereocenters. The first-order chi connectivity index (χ1) is 19.4. The minimum absolute atomic E-state index is 0.0209. The lowest BCUT2D eigenvalue weighted by Gasteiger charge is -2.18. The van der Waals surface area contributed by atoms with E-state index in [1.165, 1.54) is 0 Å². The molecule has 208 valence electrons. The van der Waals surface area contributed by atoms with Crippen LogP contribution < -0.4 is 27.2 Å². The molecule has 1 aliphatic rings. The number of nitrogens with two attached hydrogens (primary N) is 1. The van der Waals surface area contributed by atoms with Crippen molar-refractivity contribution in [3.63, 3.8) is 0 Å². The van der Waals surface area contributed by atoms with E-state index in [0.717, 1.165) is 27.8 Å². The number of carbonyl (C=O) groups is 4. The van der Waals surface area contributed by atoms with Gasteiger partial charge < -0.3 is 25.8 Å². The lowest BCUT2D eigenvalue weighted by atomic mass is 9.98. The Morgan fingerprint density at radius 2 is 1.38 bits per heavy atom. The highest BCUT2D eigenvalue weighted by Gasteiger charge is 2.29. The predicted molar refractivity (Wildman–Crippen MR) is 147 cm³/mol. The molecule has 4 rings (SSSR count). The Morgan fingerprint density at radius 1 is 0.750 bits per heavy atom. The van der Waals surface area contributed by atoms with Gasteiger partial charge in [0.15, 0.2) is 0 Å². The number of hydrazine groups is 1. The van der Waals surface area contributed by atoms with Crippen molar-refractivity contribution in [2.75, 3.05) is 19.7 Å². The van der Waals surface area contributed by atoms with Crippen LogP contribution in [-0.4, -0.2) is 49.7 Å². The maximum atomic E-state index is 12.5. The summed E-state index contributed by atoms with van der Waals surface area (Å²) in [6.45, 7) is 0.443. The summed E-state index contributed by atoms with van der Waals surface area (Å²) in [4.78, 5) is 48.1. The van der Waals surface area contributed by atoms with E-state index >= 15 is 0 Å². The minimum Gasteiger partial charge on any atom is -0.449 e. The molecule has 3 aromatic rings. The first kappa shape index (κ1) is 28.1. The molecule has 4 amide bonds. The average Bonchev–Trinajstić information content (AvgIpc) is 3.29. The van der Waals surface area contributed by atoms with Gasteiger partial charge in [0.1, 0.15) is 13.2 Å². The number of fused-ring (bicyclic) bond motifs is 3. The first-order valence-electron chi connectivity index (χ1n) is 12.8. The fraction of sp³-hybridized carbons (Fsp3) is 0.241. The molecule has 6 N–H and O–H groups in total. The van der Waals surface area contributed by atoms with Crippen molar-refractivity contribution in [1.29, 1.82) is 0 Å². The van der Waals surface area contributed by atoms with Gasteiger partial charge in [0, 0.05) is 19.0 Å². The molecule has 0 radical (unpaired) electrons. The van der Waals surface area contributed by atoms with Crippen LogP contribution in [0.25, 0.3) is 11.1 Å². The summed E-state index contributed by atoms with van der Waals surface area (Å²) in [6.07, 6.45) is -1.80. The fourth-order valence-corrected chi connectivity index (χ4v) is 4.48. The largest absolute Gasteiger partial charge is 0.449 e. The van der Waals surface area contributed by atoms with Gasteiger partial charge in [-0.1, -0.05) is 78.9 Å². The number of rotatable bonds is 11. The van der Waals surface area contributed by atoms with E-state index in [9.17, 15) is 19.2 Å². The van der Waals surface area contributed by atoms with Crippen molar-refractivity contribution in [1.82, 2.24) is 21.5 Å². The van der Waals surface area contributed by atoms with Crippen molar-refractivity contribution >= 4 is 24.0 Å². The van der Waals surface area contributed by atoms with Crippen LogP contribution >= 0.6 is 0 Å². The molecule has 0 saturated carbocycles. The Labute approximate surface area is 231 Å². The molecule has 0 saturated heterocycles. The highest BCUT2D eigenvalue weighted by molar-refractivity contribution is 5.88. The fourth-order valence-electron chi connectivity index (χ4n) is 4.48. The van der Waals surface area contributed by atoms with Crippen LogP contribution in [0, 0.1) is 0 Å². The molecule has 40 heavy (non-hydrogen) atoms. The zero-order chi connectivity index (χ0) is 28.3. The monoisotopic (exact) mass is 545 g/mol. The van der Waals surface area contributed by atoms with Crippen LogP contribution in [-0.2, 0) is 25.7 Å². The lowest BCUT2D eigenvalue weighted by molar-refractivity contribution is -0.127. The van der Waals surface area contributed by atoms with Gasteiger partial charge in [-0.3, -0.25) is 15.0 Å². The lowest BCUT2D eigenvalue weighted by Crippen LogP contribution is -2.53. The van der Waals surface area contributed by atoms with E-state index in [-0.39, 0.29) is 38.6 Å². The zero-order valence-corrected chi connectivity index (χ0v) is 21.7. The summed E-state index contributed by atoms with van der Waals surface area (Å²) in [5.74, 6) is -1.48. The number of hydrogen-bond acceptors (Lipinski definition) is 7. The predicted octanol–water partition coefficient (Wildman–Crippen LogP) is 2.32. The van der Waals surface area contributed by atoms with Crippen LogP contribution in [0.1, 0.15) is 29.0 Å². The number of primary amides is 1. The van der Waals surface area contributed by atoms with Gasteiger partial charge in [-0.05, 0) is 27.8 Å². The second kappa shape index (κ2) is 13.8. The molecular formula is C29H31N5O6. The Bertz CT molecular complexity index is 1300. The third kappa shape index (κ3) is 7.58. The van der Waals surface area contributed by atoms with Gasteiger partial charge in [0.2, 0.25) is 5.91 Å². The minimum atomic E-state index is -1.05. The molecule has 0 bridgehead atoms. The molecule has 1 atom stereocenters. The van der Waals surface area contributed by atoms with Gasteiger partial charge in [0.05, 0.1) is 12.5 Å². The molecule has 0 aromatic heterocycles. The molecule has 11 nitrogen and oxygen atoms in total. The van der Waals surface area contributed by atoms with E-state index in [2.05, 4.69) is 33.6 Å². The molecule has 3 aromatic carbocycles. The van der Waals surface area contributed by atoms with Crippen molar-refractivity contribution in [2.24, 2.45) is 5.73 Å². The number of alkyl carbamates (subject to hydrolysis) is 1. The number of amides is 4.